The molecule has 0 heterocycles. The van der Waals surface area contributed by atoms with E-state index in [1.165, 1.54) is 44.6 Å². The van der Waals surface area contributed by atoms with Gasteiger partial charge in [0, 0.05) is 11.8 Å². The molecule has 1 atom stereocenters. The van der Waals surface area contributed by atoms with Gasteiger partial charge in [-0.2, -0.15) is 4.72 Å². The van der Waals surface area contributed by atoms with Crippen molar-refractivity contribution in [1.29, 1.82) is 0 Å². The molecular weight excluding hydrogens is 484 g/mol. The molecule has 0 unspecified atom stereocenters. The van der Waals surface area contributed by atoms with Gasteiger partial charge in [-0.25, -0.2) is 13.2 Å². The Balaban J connectivity index is 1.84. The highest BCUT2D eigenvalue weighted by molar-refractivity contribution is 7.89. The van der Waals surface area contributed by atoms with Crippen LogP contribution in [0.2, 0.25) is 0 Å². The molecule has 0 aliphatic rings. The maximum Gasteiger partial charge on any atom is 0.338 e. The molecule has 0 aliphatic carbocycles. The van der Waals surface area contributed by atoms with Gasteiger partial charge in [0.1, 0.15) is 6.04 Å². The fourth-order valence-electron chi connectivity index (χ4n) is 3.41. The Labute approximate surface area is 210 Å². The van der Waals surface area contributed by atoms with Gasteiger partial charge >= 0.3 is 5.97 Å². The smallest absolute Gasteiger partial charge is 0.338 e. The first-order valence-electron chi connectivity index (χ1n) is 11.1. The molecule has 2 N–H and O–H groups in total. The summed E-state index contributed by atoms with van der Waals surface area (Å²) in [6.07, 6.45) is 0.111. The van der Waals surface area contributed by atoms with Crippen LogP contribution < -0.4 is 19.5 Å². The zero-order chi connectivity index (χ0) is 26.1. The van der Waals surface area contributed by atoms with Crippen molar-refractivity contribution in [2.24, 2.45) is 0 Å². The molecule has 0 saturated carbocycles. The first-order chi connectivity index (χ1) is 17.3. The predicted molar refractivity (Wildman–Crippen MR) is 135 cm³/mol. The highest BCUT2D eigenvalue weighted by Gasteiger charge is 2.27. The second-order valence-corrected chi connectivity index (χ2v) is 9.38. The van der Waals surface area contributed by atoms with Gasteiger partial charge in [-0.1, -0.05) is 30.3 Å². The zero-order valence-corrected chi connectivity index (χ0v) is 21.0. The van der Waals surface area contributed by atoms with Crippen LogP contribution in [-0.2, 0) is 26.0 Å². The van der Waals surface area contributed by atoms with Gasteiger partial charge in [0.05, 0.1) is 31.3 Å². The Hall–Kier alpha value is -3.89. The minimum absolute atomic E-state index is 0.0789. The van der Waals surface area contributed by atoms with Gasteiger partial charge in [-0.3, -0.25) is 4.79 Å². The van der Waals surface area contributed by atoms with E-state index in [1.807, 2.05) is 6.07 Å². The van der Waals surface area contributed by atoms with Crippen molar-refractivity contribution in [3.63, 3.8) is 0 Å². The summed E-state index contributed by atoms with van der Waals surface area (Å²) in [7, 11) is -1.25. The molecule has 3 aromatic carbocycles. The normalized spacial score (nSPS) is 11.9. The van der Waals surface area contributed by atoms with Crippen molar-refractivity contribution in [1.82, 2.24) is 4.72 Å². The Morgan fingerprint density at radius 2 is 1.56 bits per heavy atom. The molecule has 0 bridgehead atoms. The quantitative estimate of drug-likeness (QED) is 0.378. The fraction of sp³-hybridized carbons (Fsp3) is 0.231. The average molecular weight is 513 g/mol. The van der Waals surface area contributed by atoms with Crippen LogP contribution in [0.4, 0.5) is 5.69 Å². The Morgan fingerprint density at radius 1 is 0.889 bits per heavy atom. The minimum Gasteiger partial charge on any atom is -0.493 e. The standard InChI is InChI=1S/C26H28N2O7S/c1-4-35-26(30)19-10-12-20(13-11-19)27-25(29)22(16-18-8-6-5-7-9-18)28-36(31,32)21-14-15-23(33-2)24(17-21)34-3/h5-15,17,22,28H,4,16H2,1-3H3,(H,27,29)/t22-/m0/s1. The molecule has 9 nitrogen and oxygen atoms in total. The Kier molecular flexibility index (Phi) is 9.04. The summed E-state index contributed by atoms with van der Waals surface area (Å²) < 4.78 is 44.2. The second kappa shape index (κ2) is 12.2. The van der Waals surface area contributed by atoms with Crippen molar-refractivity contribution < 1.29 is 32.2 Å². The lowest BCUT2D eigenvalue weighted by atomic mass is 10.1. The SMILES string of the molecule is CCOC(=O)c1ccc(NC(=O)[C@H](Cc2ccccc2)NS(=O)(=O)c2ccc(OC)c(OC)c2)cc1. The third kappa shape index (κ3) is 6.83. The number of carbonyl (C=O) groups is 2. The van der Waals surface area contributed by atoms with Crippen LogP contribution in [0.1, 0.15) is 22.8 Å². The van der Waals surface area contributed by atoms with E-state index in [-0.39, 0.29) is 23.7 Å². The first kappa shape index (κ1) is 26.7. The Morgan fingerprint density at radius 3 is 2.17 bits per heavy atom. The van der Waals surface area contributed by atoms with Crippen LogP contribution in [0, 0.1) is 0 Å². The van der Waals surface area contributed by atoms with Crippen LogP contribution >= 0.6 is 0 Å². The van der Waals surface area contributed by atoms with Crippen LogP contribution in [0.25, 0.3) is 0 Å². The van der Waals surface area contributed by atoms with E-state index in [9.17, 15) is 18.0 Å². The second-order valence-electron chi connectivity index (χ2n) is 7.67. The van der Waals surface area contributed by atoms with Gasteiger partial charge in [0.25, 0.3) is 0 Å². The molecule has 0 saturated heterocycles. The molecular formula is C26H28N2O7S. The highest BCUT2D eigenvalue weighted by atomic mass is 32.2. The molecule has 10 heteroatoms. The maximum atomic E-state index is 13.2. The van der Waals surface area contributed by atoms with Crippen molar-refractivity contribution >= 4 is 27.6 Å². The number of ether oxygens (including phenoxy) is 3. The molecule has 0 radical (unpaired) electrons. The van der Waals surface area contributed by atoms with Gasteiger partial charge in [-0.05, 0) is 55.3 Å². The van der Waals surface area contributed by atoms with Crippen LogP contribution in [0.3, 0.4) is 0 Å². The fourth-order valence-corrected chi connectivity index (χ4v) is 4.62. The number of sulfonamides is 1. The number of methoxy groups -OCH3 is 2. The van der Waals surface area contributed by atoms with Crippen molar-refractivity contribution in [2.45, 2.75) is 24.3 Å². The van der Waals surface area contributed by atoms with Crippen LogP contribution in [-0.4, -0.2) is 47.2 Å². The largest absolute Gasteiger partial charge is 0.493 e. The van der Waals surface area contributed by atoms with E-state index in [2.05, 4.69) is 10.0 Å². The molecule has 0 aliphatic heterocycles. The van der Waals surface area contributed by atoms with Crippen molar-refractivity contribution in [3.8, 4) is 11.5 Å². The zero-order valence-electron chi connectivity index (χ0n) is 20.2. The summed E-state index contributed by atoms with van der Waals surface area (Å²) >= 11 is 0. The summed E-state index contributed by atoms with van der Waals surface area (Å²) in [6.45, 7) is 1.96. The molecule has 3 rings (SSSR count). The minimum atomic E-state index is -4.11. The van der Waals surface area contributed by atoms with Gasteiger partial charge in [-0.15, -0.1) is 0 Å². The van der Waals surface area contributed by atoms with E-state index in [0.717, 1.165) is 5.56 Å². The Bertz CT molecular complexity index is 1290. The average Bonchev–Trinajstić information content (AvgIpc) is 2.88. The predicted octanol–water partition coefficient (Wildman–Crippen LogP) is 3.41. The van der Waals surface area contributed by atoms with Gasteiger partial charge in [0.15, 0.2) is 11.5 Å². The lowest BCUT2D eigenvalue weighted by Gasteiger charge is -2.19. The molecule has 3 aromatic rings. The summed E-state index contributed by atoms with van der Waals surface area (Å²) in [5.74, 6) is -0.417. The number of hydrogen-bond acceptors (Lipinski definition) is 7. The highest BCUT2D eigenvalue weighted by Crippen LogP contribution is 2.29. The number of carbonyl (C=O) groups excluding carboxylic acids is 2. The summed E-state index contributed by atoms with van der Waals surface area (Å²) in [5.41, 5.74) is 1.51. The van der Waals surface area contributed by atoms with E-state index in [0.29, 0.717) is 17.0 Å². The van der Waals surface area contributed by atoms with E-state index >= 15 is 0 Å². The lowest BCUT2D eigenvalue weighted by Crippen LogP contribution is -2.45. The van der Waals surface area contributed by atoms with Crippen molar-refractivity contribution in [2.75, 3.05) is 26.1 Å². The molecule has 36 heavy (non-hydrogen) atoms. The number of benzene rings is 3. The van der Waals surface area contributed by atoms with E-state index in [4.69, 9.17) is 14.2 Å². The third-order valence-electron chi connectivity index (χ3n) is 5.23. The summed E-state index contributed by atoms with van der Waals surface area (Å²) in [5, 5.41) is 2.71. The number of esters is 1. The van der Waals surface area contributed by atoms with Crippen LogP contribution in [0.5, 0.6) is 11.5 Å². The molecule has 1 amide bonds. The first-order valence-corrected chi connectivity index (χ1v) is 12.6. The number of anilines is 1. The molecule has 0 fully saturated rings. The van der Waals surface area contributed by atoms with E-state index < -0.39 is 27.9 Å². The van der Waals surface area contributed by atoms with Crippen LogP contribution in [0.15, 0.2) is 77.7 Å². The lowest BCUT2D eigenvalue weighted by molar-refractivity contribution is -0.117. The number of amides is 1. The molecule has 0 aromatic heterocycles. The number of hydrogen-bond donors (Lipinski definition) is 2. The number of nitrogens with one attached hydrogen (secondary N) is 2. The monoisotopic (exact) mass is 512 g/mol. The summed E-state index contributed by atoms with van der Waals surface area (Å²) in [6, 6.07) is 18.2. The molecule has 0 spiro atoms. The van der Waals surface area contributed by atoms with Gasteiger partial charge < -0.3 is 19.5 Å². The molecule has 190 valence electrons. The van der Waals surface area contributed by atoms with E-state index in [1.54, 1.807) is 43.3 Å². The van der Waals surface area contributed by atoms with Gasteiger partial charge in [0.2, 0.25) is 15.9 Å². The van der Waals surface area contributed by atoms with Crippen molar-refractivity contribution in [3.05, 3.63) is 83.9 Å². The number of rotatable bonds is 11. The third-order valence-corrected chi connectivity index (χ3v) is 6.69. The summed E-state index contributed by atoms with van der Waals surface area (Å²) in [4.78, 5) is 25.0. The topological polar surface area (TPSA) is 120 Å². The maximum absolute atomic E-state index is 13.2.